The number of aryl methyl sites for hydroxylation is 1. The highest BCUT2D eigenvalue weighted by Crippen LogP contribution is 2.18. The standard InChI is InChI=1S/C18H23N7O2/c1-13-6-7-25(22-13)16-4-3-15(20-21-16)23-8-10-24(11-9-23)18(27)14-2-5-17(26)19-12-14/h3-4,6-7,14H,2,5,8-12H2,1H3,(H,19,26). The fourth-order valence-corrected chi connectivity index (χ4v) is 3.51. The molecule has 0 bridgehead atoms. The normalized spacial score (nSPS) is 20.5. The molecule has 2 saturated heterocycles. The summed E-state index contributed by atoms with van der Waals surface area (Å²) in [7, 11) is 0. The van der Waals surface area contributed by atoms with Gasteiger partial charge in [-0.15, -0.1) is 10.2 Å². The number of hydrogen-bond acceptors (Lipinski definition) is 6. The number of aromatic nitrogens is 4. The molecule has 9 nitrogen and oxygen atoms in total. The van der Waals surface area contributed by atoms with Crippen molar-refractivity contribution in [2.24, 2.45) is 5.92 Å². The second-order valence-electron chi connectivity index (χ2n) is 7.00. The van der Waals surface area contributed by atoms with Crippen LogP contribution in [0.4, 0.5) is 5.82 Å². The Bertz CT molecular complexity index is 814. The number of anilines is 1. The molecule has 0 saturated carbocycles. The number of piperazine rings is 1. The van der Waals surface area contributed by atoms with Gasteiger partial charge in [0.15, 0.2) is 11.6 Å². The largest absolute Gasteiger partial charge is 0.355 e. The Morgan fingerprint density at radius 3 is 2.44 bits per heavy atom. The monoisotopic (exact) mass is 369 g/mol. The Hall–Kier alpha value is -2.97. The second-order valence-corrected chi connectivity index (χ2v) is 7.00. The molecule has 0 spiro atoms. The smallest absolute Gasteiger partial charge is 0.227 e. The molecule has 142 valence electrons. The predicted molar refractivity (Wildman–Crippen MR) is 98.4 cm³/mol. The van der Waals surface area contributed by atoms with E-state index in [1.54, 1.807) is 4.68 Å². The van der Waals surface area contributed by atoms with Gasteiger partial charge in [0.05, 0.1) is 11.6 Å². The van der Waals surface area contributed by atoms with Crippen LogP contribution in [-0.2, 0) is 9.59 Å². The van der Waals surface area contributed by atoms with E-state index in [4.69, 9.17) is 0 Å². The van der Waals surface area contributed by atoms with Gasteiger partial charge >= 0.3 is 0 Å². The molecule has 0 radical (unpaired) electrons. The van der Waals surface area contributed by atoms with E-state index in [9.17, 15) is 9.59 Å². The Morgan fingerprint density at radius 2 is 1.85 bits per heavy atom. The third-order valence-corrected chi connectivity index (χ3v) is 5.12. The van der Waals surface area contributed by atoms with Crippen molar-refractivity contribution in [1.29, 1.82) is 0 Å². The molecule has 2 aromatic heterocycles. The van der Waals surface area contributed by atoms with Crippen LogP contribution < -0.4 is 10.2 Å². The van der Waals surface area contributed by atoms with Crippen LogP contribution in [0.5, 0.6) is 0 Å². The molecule has 4 heterocycles. The van der Waals surface area contributed by atoms with Crippen molar-refractivity contribution in [3.8, 4) is 5.82 Å². The number of nitrogens with zero attached hydrogens (tertiary/aromatic N) is 6. The van der Waals surface area contributed by atoms with Gasteiger partial charge < -0.3 is 15.1 Å². The topological polar surface area (TPSA) is 96.2 Å². The van der Waals surface area contributed by atoms with Gasteiger partial charge in [0.25, 0.3) is 0 Å². The summed E-state index contributed by atoms with van der Waals surface area (Å²) >= 11 is 0. The van der Waals surface area contributed by atoms with Crippen LogP contribution in [0.3, 0.4) is 0 Å². The molecule has 9 heteroatoms. The van der Waals surface area contributed by atoms with E-state index < -0.39 is 0 Å². The fraction of sp³-hybridized carbons (Fsp3) is 0.500. The van der Waals surface area contributed by atoms with Crippen molar-refractivity contribution in [1.82, 2.24) is 30.2 Å². The van der Waals surface area contributed by atoms with E-state index >= 15 is 0 Å². The molecule has 2 aromatic rings. The molecule has 4 rings (SSSR count). The lowest BCUT2D eigenvalue weighted by Gasteiger charge is -2.37. The molecule has 2 amide bonds. The lowest BCUT2D eigenvalue weighted by Crippen LogP contribution is -2.52. The Balaban J connectivity index is 1.33. The zero-order valence-corrected chi connectivity index (χ0v) is 15.3. The third kappa shape index (κ3) is 3.76. The Labute approximate surface area is 157 Å². The van der Waals surface area contributed by atoms with Crippen LogP contribution in [0.1, 0.15) is 18.5 Å². The Morgan fingerprint density at radius 1 is 1.11 bits per heavy atom. The van der Waals surface area contributed by atoms with Crippen LogP contribution >= 0.6 is 0 Å². The summed E-state index contributed by atoms with van der Waals surface area (Å²) in [4.78, 5) is 27.9. The molecular formula is C18H23N7O2. The van der Waals surface area contributed by atoms with E-state index in [2.05, 4.69) is 25.5 Å². The van der Waals surface area contributed by atoms with Gasteiger partial charge in [0.2, 0.25) is 11.8 Å². The summed E-state index contributed by atoms with van der Waals surface area (Å²) in [6.07, 6.45) is 2.94. The highest BCUT2D eigenvalue weighted by atomic mass is 16.2. The molecule has 0 aromatic carbocycles. The minimum atomic E-state index is -0.0918. The molecule has 1 atom stereocenters. The van der Waals surface area contributed by atoms with Crippen LogP contribution in [0.25, 0.3) is 5.82 Å². The van der Waals surface area contributed by atoms with E-state index in [-0.39, 0.29) is 17.7 Å². The second kappa shape index (κ2) is 7.34. The van der Waals surface area contributed by atoms with Gasteiger partial charge in [-0.25, -0.2) is 4.68 Å². The Kier molecular flexibility index (Phi) is 4.74. The minimum absolute atomic E-state index is 0.0381. The zero-order valence-electron chi connectivity index (χ0n) is 15.3. The van der Waals surface area contributed by atoms with Crippen molar-refractivity contribution in [2.45, 2.75) is 19.8 Å². The number of amides is 2. The summed E-state index contributed by atoms with van der Waals surface area (Å²) in [6, 6.07) is 5.76. The highest BCUT2D eigenvalue weighted by molar-refractivity contribution is 5.84. The average Bonchev–Trinajstić information content (AvgIpc) is 3.15. The average molecular weight is 369 g/mol. The first kappa shape index (κ1) is 17.4. The van der Waals surface area contributed by atoms with Gasteiger partial charge in [-0.1, -0.05) is 0 Å². The molecule has 2 aliphatic rings. The van der Waals surface area contributed by atoms with E-state index in [1.807, 2.05) is 36.2 Å². The molecule has 1 N–H and O–H groups in total. The maximum Gasteiger partial charge on any atom is 0.227 e. The molecular weight excluding hydrogens is 346 g/mol. The molecule has 2 fully saturated rings. The first-order chi connectivity index (χ1) is 13.1. The predicted octanol–water partition coefficient (Wildman–Crippen LogP) is 0.146. The number of nitrogens with one attached hydrogen (secondary N) is 1. The van der Waals surface area contributed by atoms with Crippen molar-refractivity contribution in [3.63, 3.8) is 0 Å². The van der Waals surface area contributed by atoms with Gasteiger partial charge in [0.1, 0.15) is 0 Å². The molecule has 0 aliphatic carbocycles. The summed E-state index contributed by atoms with van der Waals surface area (Å²) < 4.78 is 1.70. The van der Waals surface area contributed by atoms with Gasteiger partial charge in [-0.05, 0) is 31.5 Å². The summed E-state index contributed by atoms with van der Waals surface area (Å²) in [6.45, 7) is 5.15. The lowest BCUT2D eigenvalue weighted by atomic mass is 9.97. The first-order valence-electron chi connectivity index (χ1n) is 9.27. The quantitative estimate of drug-likeness (QED) is 0.827. The summed E-state index contributed by atoms with van der Waals surface area (Å²) in [5, 5.41) is 15.7. The fourth-order valence-electron chi connectivity index (χ4n) is 3.51. The van der Waals surface area contributed by atoms with Crippen molar-refractivity contribution in [2.75, 3.05) is 37.6 Å². The highest BCUT2D eigenvalue weighted by Gasteiger charge is 2.30. The molecule has 1 unspecified atom stereocenters. The van der Waals surface area contributed by atoms with Crippen molar-refractivity contribution in [3.05, 3.63) is 30.1 Å². The van der Waals surface area contributed by atoms with Crippen molar-refractivity contribution >= 4 is 17.6 Å². The zero-order chi connectivity index (χ0) is 18.8. The van der Waals surface area contributed by atoms with Crippen LogP contribution in [0, 0.1) is 12.8 Å². The number of piperidine rings is 1. The number of carbonyl (C=O) groups is 2. The van der Waals surface area contributed by atoms with Gasteiger partial charge in [0, 0.05) is 45.3 Å². The molecule has 2 aliphatic heterocycles. The number of hydrogen-bond donors (Lipinski definition) is 1. The summed E-state index contributed by atoms with van der Waals surface area (Å²) in [5.74, 6) is 1.58. The summed E-state index contributed by atoms with van der Waals surface area (Å²) in [5.41, 5.74) is 0.930. The maximum atomic E-state index is 12.6. The number of rotatable bonds is 3. The number of carbonyl (C=O) groups excluding carboxylic acids is 2. The van der Waals surface area contributed by atoms with E-state index in [1.165, 1.54) is 0 Å². The maximum absolute atomic E-state index is 12.6. The van der Waals surface area contributed by atoms with Crippen LogP contribution in [-0.4, -0.2) is 69.4 Å². The van der Waals surface area contributed by atoms with Crippen molar-refractivity contribution < 1.29 is 9.59 Å². The lowest BCUT2D eigenvalue weighted by molar-refractivity contribution is -0.137. The van der Waals surface area contributed by atoms with Gasteiger partial charge in [-0.2, -0.15) is 5.10 Å². The third-order valence-electron chi connectivity index (χ3n) is 5.12. The van der Waals surface area contributed by atoms with E-state index in [0.717, 1.165) is 24.6 Å². The molecule has 27 heavy (non-hydrogen) atoms. The SMILES string of the molecule is Cc1ccn(-c2ccc(N3CCN(C(=O)C4CCC(=O)NC4)CC3)nn2)n1. The first-order valence-corrected chi connectivity index (χ1v) is 9.27. The minimum Gasteiger partial charge on any atom is -0.355 e. The van der Waals surface area contributed by atoms with Crippen LogP contribution in [0.15, 0.2) is 24.4 Å². The van der Waals surface area contributed by atoms with Crippen LogP contribution in [0.2, 0.25) is 0 Å². The van der Waals surface area contributed by atoms with Gasteiger partial charge in [-0.3, -0.25) is 9.59 Å². The van der Waals surface area contributed by atoms with E-state index in [0.29, 0.717) is 38.3 Å².